The number of aryl methyl sites for hydroxylation is 1. The number of nitrogens with zero attached hydrogens (tertiary/aromatic N) is 3. The number of fused-ring (bicyclic) bond motifs is 1. The van der Waals surface area contributed by atoms with Crippen molar-refractivity contribution in [3.05, 3.63) is 35.9 Å². The summed E-state index contributed by atoms with van der Waals surface area (Å²) in [6.45, 7) is 2.03. The van der Waals surface area contributed by atoms with E-state index in [1.807, 2.05) is 23.6 Å². The lowest BCUT2D eigenvalue weighted by Crippen LogP contribution is -2.14. The van der Waals surface area contributed by atoms with Crippen molar-refractivity contribution in [2.45, 2.75) is 13.3 Å². The van der Waals surface area contributed by atoms with Crippen molar-refractivity contribution in [2.24, 2.45) is 10.9 Å². The predicted octanol–water partition coefficient (Wildman–Crippen LogP) is 0.991. The van der Waals surface area contributed by atoms with Gasteiger partial charge in [-0.05, 0) is 12.1 Å². The molecule has 0 unspecified atom stereocenters. The third-order valence-corrected chi connectivity index (χ3v) is 2.35. The minimum atomic E-state index is 0.100. The van der Waals surface area contributed by atoms with E-state index in [9.17, 15) is 0 Å². The van der Waals surface area contributed by atoms with Crippen LogP contribution in [0.25, 0.3) is 5.52 Å². The van der Waals surface area contributed by atoms with Crippen LogP contribution in [0.1, 0.15) is 18.3 Å². The molecule has 0 aliphatic carbocycles. The highest BCUT2D eigenvalue weighted by Crippen LogP contribution is 2.12. The van der Waals surface area contributed by atoms with E-state index < -0.39 is 0 Å². The van der Waals surface area contributed by atoms with Gasteiger partial charge < -0.3 is 15.3 Å². The Labute approximate surface area is 86.8 Å². The maximum absolute atomic E-state index is 8.64. The lowest BCUT2D eigenvalue weighted by molar-refractivity contribution is 0.318. The number of oxime groups is 1. The van der Waals surface area contributed by atoms with Crippen LogP contribution in [-0.4, -0.2) is 20.4 Å². The molecule has 0 radical (unpaired) electrons. The van der Waals surface area contributed by atoms with Crippen molar-refractivity contribution in [3.8, 4) is 0 Å². The number of rotatable bonds is 2. The molecule has 0 aromatic carbocycles. The van der Waals surface area contributed by atoms with Gasteiger partial charge in [0.1, 0.15) is 5.82 Å². The Hall–Kier alpha value is -2.04. The summed E-state index contributed by atoms with van der Waals surface area (Å²) in [6, 6.07) is 3.65. The van der Waals surface area contributed by atoms with Crippen molar-refractivity contribution in [2.75, 3.05) is 0 Å². The first kappa shape index (κ1) is 9.51. The number of nitrogens with two attached hydrogens (primary N) is 1. The van der Waals surface area contributed by atoms with Gasteiger partial charge in [-0.1, -0.05) is 12.1 Å². The highest BCUT2D eigenvalue weighted by atomic mass is 16.4. The predicted molar refractivity (Wildman–Crippen MR) is 57.1 cm³/mol. The number of imidazole rings is 1. The van der Waals surface area contributed by atoms with Crippen LogP contribution in [0.3, 0.4) is 0 Å². The largest absolute Gasteiger partial charge is 0.409 e. The molecule has 2 aromatic heterocycles. The molecule has 2 rings (SSSR count). The molecule has 5 nitrogen and oxygen atoms in total. The second kappa shape index (κ2) is 3.61. The van der Waals surface area contributed by atoms with Crippen LogP contribution in [0.5, 0.6) is 0 Å². The van der Waals surface area contributed by atoms with Gasteiger partial charge in [0.05, 0.1) is 11.7 Å². The number of pyridine rings is 1. The van der Waals surface area contributed by atoms with Crippen molar-refractivity contribution >= 4 is 11.4 Å². The summed E-state index contributed by atoms with van der Waals surface area (Å²) in [5, 5.41) is 11.6. The topological polar surface area (TPSA) is 75.9 Å². The third kappa shape index (κ3) is 1.41. The average molecular weight is 204 g/mol. The molecule has 3 N–H and O–H groups in total. The number of hydrogen-bond donors (Lipinski definition) is 2. The Morgan fingerprint density at radius 3 is 3.13 bits per heavy atom. The summed E-state index contributed by atoms with van der Waals surface area (Å²) in [4.78, 5) is 4.26. The van der Waals surface area contributed by atoms with E-state index in [1.54, 1.807) is 12.3 Å². The summed E-state index contributed by atoms with van der Waals surface area (Å²) in [6.07, 6.45) is 4.48. The minimum absolute atomic E-state index is 0.100. The SMILES string of the molecule is CCc1ncc2c(/C(N)=N\O)cccn12. The Balaban J connectivity index is 2.72. The highest BCUT2D eigenvalue weighted by Gasteiger charge is 2.08. The minimum Gasteiger partial charge on any atom is -0.409 e. The van der Waals surface area contributed by atoms with Crippen LogP contribution in [-0.2, 0) is 6.42 Å². The van der Waals surface area contributed by atoms with Gasteiger partial charge >= 0.3 is 0 Å². The summed E-state index contributed by atoms with van der Waals surface area (Å²) in [7, 11) is 0. The summed E-state index contributed by atoms with van der Waals surface area (Å²) >= 11 is 0. The molecule has 2 heterocycles. The Bertz CT molecular complexity index is 515. The van der Waals surface area contributed by atoms with Crippen LogP contribution in [0, 0.1) is 0 Å². The lowest BCUT2D eigenvalue weighted by atomic mass is 10.2. The summed E-state index contributed by atoms with van der Waals surface area (Å²) < 4.78 is 1.94. The normalized spacial score (nSPS) is 12.2. The zero-order valence-corrected chi connectivity index (χ0v) is 8.38. The molecule has 0 fully saturated rings. The number of aromatic nitrogens is 2. The molecule has 15 heavy (non-hydrogen) atoms. The van der Waals surface area contributed by atoms with Gasteiger partial charge in [-0.2, -0.15) is 0 Å². The number of amidine groups is 1. The maximum Gasteiger partial charge on any atom is 0.172 e. The molecule has 2 aromatic rings. The second-order valence-corrected chi connectivity index (χ2v) is 3.19. The van der Waals surface area contributed by atoms with E-state index in [1.165, 1.54) is 0 Å². The van der Waals surface area contributed by atoms with E-state index in [0.717, 1.165) is 17.8 Å². The standard InChI is InChI=1S/C10H12N4O/c1-2-9-12-6-8-7(10(11)13-15)4-3-5-14(8)9/h3-6,15H,2H2,1H3,(H2,11,13). The van der Waals surface area contributed by atoms with Crippen LogP contribution in [0.15, 0.2) is 29.7 Å². The van der Waals surface area contributed by atoms with Crippen LogP contribution in [0.4, 0.5) is 0 Å². The molecule has 0 bridgehead atoms. The van der Waals surface area contributed by atoms with Gasteiger partial charge in [0.25, 0.3) is 0 Å². The Morgan fingerprint density at radius 1 is 1.67 bits per heavy atom. The summed E-state index contributed by atoms with van der Waals surface area (Å²) in [5.74, 6) is 1.06. The van der Waals surface area contributed by atoms with Crippen molar-refractivity contribution in [3.63, 3.8) is 0 Å². The molecule has 0 aliphatic heterocycles. The molecule has 5 heteroatoms. The molecule has 0 aliphatic rings. The van der Waals surface area contributed by atoms with Crippen LogP contribution in [0.2, 0.25) is 0 Å². The van der Waals surface area contributed by atoms with Gasteiger partial charge in [0.2, 0.25) is 0 Å². The first-order valence-electron chi connectivity index (χ1n) is 4.70. The van der Waals surface area contributed by atoms with Crippen molar-refractivity contribution < 1.29 is 5.21 Å². The van der Waals surface area contributed by atoms with Gasteiger partial charge in [0.15, 0.2) is 5.84 Å². The maximum atomic E-state index is 8.64. The average Bonchev–Trinajstić information content (AvgIpc) is 2.70. The van der Waals surface area contributed by atoms with Crippen molar-refractivity contribution in [1.82, 2.24) is 9.38 Å². The van der Waals surface area contributed by atoms with Crippen LogP contribution < -0.4 is 5.73 Å². The quantitative estimate of drug-likeness (QED) is 0.331. The molecule has 0 saturated heterocycles. The number of hydrogen-bond acceptors (Lipinski definition) is 3. The lowest BCUT2D eigenvalue weighted by Gasteiger charge is -2.02. The van der Waals surface area contributed by atoms with E-state index in [4.69, 9.17) is 10.9 Å². The molecule has 0 saturated carbocycles. The van der Waals surface area contributed by atoms with Gasteiger partial charge in [-0.3, -0.25) is 0 Å². The molecule has 0 spiro atoms. The molecule has 78 valence electrons. The Morgan fingerprint density at radius 2 is 2.47 bits per heavy atom. The molecule has 0 atom stereocenters. The fourth-order valence-electron chi connectivity index (χ4n) is 1.61. The van der Waals surface area contributed by atoms with E-state index in [2.05, 4.69) is 10.1 Å². The molecule has 0 amide bonds. The molecular formula is C10H12N4O. The van der Waals surface area contributed by atoms with E-state index in [-0.39, 0.29) is 5.84 Å². The summed E-state index contributed by atoms with van der Waals surface area (Å²) in [5.41, 5.74) is 7.11. The first-order valence-corrected chi connectivity index (χ1v) is 4.70. The van der Waals surface area contributed by atoms with Gasteiger partial charge in [-0.25, -0.2) is 4.98 Å². The zero-order chi connectivity index (χ0) is 10.8. The van der Waals surface area contributed by atoms with Crippen molar-refractivity contribution in [1.29, 1.82) is 0 Å². The Kier molecular flexibility index (Phi) is 2.29. The monoisotopic (exact) mass is 204 g/mol. The first-order chi connectivity index (χ1) is 7.27. The fourth-order valence-corrected chi connectivity index (χ4v) is 1.61. The highest BCUT2D eigenvalue weighted by molar-refractivity contribution is 6.02. The van der Waals surface area contributed by atoms with E-state index >= 15 is 0 Å². The smallest absolute Gasteiger partial charge is 0.172 e. The van der Waals surface area contributed by atoms with Gasteiger partial charge in [-0.15, -0.1) is 0 Å². The third-order valence-electron chi connectivity index (χ3n) is 2.35. The second-order valence-electron chi connectivity index (χ2n) is 3.19. The van der Waals surface area contributed by atoms with Gasteiger partial charge in [0, 0.05) is 18.2 Å². The van der Waals surface area contributed by atoms with Crippen LogP contribution >= 0.6 is 0 Å². The zero-order valence-electron chi connectivity index (χ0n) is 8.38. The fraction of sp³-hybridized carbons (Fsp3) is 0.200. The van der Waals surface area contributed by atoms with E-state index in [0.29, 0.717) is 5.56 Å². The molecular weight excluding hydrogens is 192 g/mol.